The van der Waals surface area contributed by atoms with E-state index in [0.29, 0.717) is 5.92 Å². The Kier molecular flexibility index (Phi) is 2.83. The topological polar surface area (TPSA) is 37.8 Å². The van der Waals surface area contributed by atoms with Gasteiger partial charge in [-0.3, -0.25) is 0 Å². The van der Waals surface area contributed by atoms with Gasteiger partial charge in [0.2, 0.25) is 0 Å². The molecule has 3 heteroatoms. The van der Waals surface area contributed by atoms with Crippen molar-refractivity contribution in [3.63, 3.8) is 0 Å². The van der Waals surface area contributed by atoms with Crippen molar-refractivity contribution in [2.45, 2.75) is 57.9 Å². The van der Waals surface area contributed by atoms with Crippen LogP contribution in [0.1, 0.15) is 61.3 Å². The van der Waals surface area contributed by atoms with Crippen molar-refractivity contribution in [2.24, 2.45) is 11.8 Å². The highest BCUT2D eigenvalue weighted by atomic mass is 15.0. The summed E-state index contributed by atoms with van der Waals surface area (Å²) in [4.78, 5) is 9.92. The first-order valence-corrected chi connectivity index (χ1v) is 7.94. The van der Waals surface area contributed by atoms with Crippen molar-refractivity contribution < 1.29 is 0 Å². The van der Waals surface area contributed by atoms with E-state index in [9.17, 15) is 0 Å². The van der Waals surface area contributed by atoms with Gasteiger partial charge in [0.1, 0.15) is 5.82 Å². The molecule has 3 nitrogen and oxygen atoms in total. The fourth-order valence-corrected chi connectivity index (χ4v) is 4.48. The first-order chi connectivity index (χ1) is 9.35. The summed E-state index contributed by atoms with van der Waals surface area (Å²) in [5.41, 5.74) is 4.05. The van der Waals surface area contributed by atoms with Gasteiger partial charge in [-0.15, -0.1) is 0 Å². The molecule has 2 aliphatic carbocycles. The van der Waals surface area contributed by atoms with E-state index in [1.807, 2.05) is 0 Å². The van der Waals surface area contributed by atoms with Gasteiger partial charge >= 0.3 is 0 Å². The van der Waals surface area contributed by atoms with Gasteiger partial charge in [0.15, 0.2) is 0 Å². The van der Waals surface area contributed by atoms with Crippen LogP contribution < -0.4 is 5.32 Å². The van der Waals surface area contributed by atoms with Crippen LogP contribution in [0.4, 0.5) is 0 Å². The summed E-state index contributed by atoms with van der Waals surface area (Å²) < 4.78 is 0. The Morgan fingerprint density at radius 2 is 2.16 bits per heavy atom. The van der Waals surface area contributed by atoms with E-state index < -0.39 is 0 Å². The van der Waals surface area contributed by atoms with Crippen LogP contribution in [-0.4, -0.2) is 16.5 Å². The fourth-order valence-electron chi connectivity index (χ4n) is 4.48. The fraction of sp³-hybridized carbons (Fsp3) is 0.750. The minimum Gasteiger partial charge on any atom is -0.311 e. The van der Waals surface area contributed by atoms with Gasteiger partial charge in [-0.1, -0.05) is 13.3 Å². The third kappa shape index (κ3) is 1.90. The molecule has 0 radical (unpaired) electrons. The molecule has 0 spiro atoms. The summed E-state index contributed by atoms with van der Waals surface area (Å²) in [5.74, 6) is 3.69. The van der Waals surface area contributed by atoms with E-state index in [1.54, 1.807) is 0 Å². The standard InChI is InChI=1S/C16H23N3/c1-2-14-12-5-6-17-9-15(12)19-16(18-14)13-8-10-3-4-11(13)7-10/h10-11,13,17H,2-9H2,1H3. The van der Waals surface area contributed by atoms with E-state index in [1.165, 1.54) is 48.5 Å². The number of hydrogen-bond donors (Lipinski definition) is 1. The Morgan fingerprint density at radius 3 is 2.89 bits per heavy atom. The van der Waals surface area contributed by atoms with Crippen molar-refractivity contribution in [3.05, 3.63) is 22.8 Å². The molecule has 3 aliphatic rings. The summed E-state index contributed by atoms with van der Waals surface area (Å²) in [6.45, 7) is 4.25. The third-order valence-corrected chi connectivity index (χ3v) is 5.44. The highest BCUT2D eigenvalue weighted by molar-refractivity contribution is 5.29. The predicted octanol–water partition coefficient (Wildman–Crippen LogP) is 2.59. The van der Waals surface area contributed by atoms with Gasteiger partial charge in [0.25, 0.3) is 0 Å². The number of aromatic nitrogens is 2. The third-order valence-electron chi connectivity index (χ3n) is 5.44. The van der Waals surface area contributed by atoms with Gasteiger partial charge in [0, 0.05) is 18.2 Å². The number of nitrogens with zero attached hydrogens (tertiary/aromatic N) is 2. The lowest BCUT2D eigenvalue weighted by atomic mass is 9.87. The van der Waals surface area contributed by atoms with E-state index in [0.717, 1.165) is 37.8 Å². The highest BCUT2D eigenvalue weighted by Crippen LogP contribution is 2.52. The van der Waals surface area contributed by atoms with Gasteiger partial charge < -0.3 is 5.32 Å². The maximum atomic E-state index is 4.97. The van der Waals surface area contributed by atoms with Crippen LogP contribution in [0.25, 0.3) is 0 Å². The average molecular weight is 257 g/mol. The zero-order valence-corrected chi connectivity index (χ0v) is 11.8. The van der Waals surface area contributed by atoms with Gasteiger partial charge in [0.05, 0.1) is 5.69 Å². The molecule has 1 aromatic heterocycles. The van der Waals surface area contributed by atoms with Crippen molar-refractivity contribution >= 4 is 0 Å². The maximum absolute atomic E-state index is 4.97. The second-order valence-electron chi connectivity index (χ2n) is 6.52. The molecule has 0 aromatic carbocycles. The molecule has 2 fully saturated rings. The van der Waals surface area contributed by atoms with Crippen molar-refractivity contribution in [2.75, 3.05) is 6.54 Å². The Balaban J connectivity index is 1.72. The summed E-state index contributed by atoms with van der Waals surface area (Å²) in [6, 6.07) is 0. The maximum Gasteiger partial charge on any atom is 0.132 e. The molecular weight excluding hydrogens is 234 g/mol. The molecule has 3 unspecified atom stereocenters. The largest absolute Gasteiger partial charge is 0.311 e. The Hall–Kier alpha value is -0.960. The quantitative estimate of drug-likeness (QED) is 0.885. The molecule has 102 valence electrons. The van der Waals surface area contributed by atoms with Crippen LogP contribution in [0.15, 0.2) is 0 Å². The second kappa shape index (κ2) is 4.55. The molecule has 4 rings (SSSR count). The minimum atomic E-state index is 0.663. The molecule has 2 heterocycles. The monoisotopic (exact) mass is 257 g/mol. The van der Waals surface area contributed by atoms with Crippen molar-refractivity contribution in [1.82, 2.24) is 15.3 Å². The smallest absolute Gasteiger partial charge is 0.132 e. The van der Waals surface area contributed by atoms with Crippen LogP contribution in [-0.2, 0) is 19.4 Å². The number of aryl methyl sites for hydroxylation is 1. The number of hydrogen-bond acceptors (Lipinski definition) is 3. The lowest BCUT2D eigenvalue weighted by molar-refractivity contribution is 0.402. The molecule has 3 atom stereocenters. The van der Waals surface area contributed by atoms with Crippen LogP contribution in [0.5, 0.6) is 0 Å². The van der Waals surface area contributed by atoms with E-state index >= 15 is 0 Å². The van der Waals surface area contributed by atoms with E-state index in [-0.39, 0.29) is 0 Å². The van der Waals surface area contributed by atoms with Crippen LogP contribution >= 0.6 is 0 Å². The van der Waals surface area contributed by atoms with Crippen LogP contribution in [0.3, 0.4) is 0 Å². The number of nitrogens with one attached hydrogen (secondary N) is 1. The summed E-state index contributed by atoms with van der Waals surface area (Å²) in [7, 11) is 0. The summed E-state index contributed by atoms with van der Waals surface area (Å²) >= 11 is 0. The molecular formula is C16H23N3. The molecule has 1 N–H and O–H groups in total. The Labute approximate surface area is 115 Å². The molecule has 1 aliphatic heterocycles. The molecule has 1 aromatic rings. The second-order valence-corrected chi connectivity index (χ2v) is 6.52. The van der Waals surface area contributed by atoms with Crippen molar-refractivity contribution in [1.29, 1.82) is 0 Å². The zero-order valence-electron chi connectivity index (χ0n) is 11.8. The lowest BCUT2D eigenvalue weighted by Gasteiger charge is -2.24. The SMILES string of the molecule is CCc1nc(C2CC3CCC2C3)nc2c1CCNC2. The van der Waals surface area contributed by atoms with Crippen LogP contribution in [0.2, 0.25) is 0 Å². The lowest BCUT2D eigenvalue weighted by Crippen LogP contribution is -2.28. The van der Waals surface area contributed by atoms with Gasteiger partial charge in [-0.25, -0.2) is 9.97 Å². The summed E-state index contributed by atoms with van der Waals surface area (Å²) in [5, 5.41) is 3.45. The normalized spacial score (nSPS) is 32.6. The first-order valence-electron chi connectivity index (χ1n) is 7.94. The minimum absolute atomic E-state index is 0.663. The molecule has 0 saturated heterocycles. The Morgan fingerprint density at radius 1 is 1.21 bits per heavy atom. The zero-order chi connectivity index (χ0) is 12.8. The van der Waals surface area contributed by atoms with E-state index in [4.69, 9.17) is 9.97 Å². The summed E-state index contributed by atoms with van der Waals surface area (Å²) in [6.07, 6.45) is 7.81. The van der Waals surface area contributed by atoms with Crippen molar-refractivity contribution in [3.8, 4) is 0 Å². The van der Waals surface area contributed by atoms with Gasteiger partial charge in [-0.05, 0) is 56.0 Å². The van der Waals surface area contributed by atoms with E-state index in [2.05, 4.69) is 12.2 Å². The predicted molar refractivity (Wildman–Crippen MR) is 75.0 cm³/mol. The molecule has 0 amide bonds. The number of rotatable bonds is 2. The van der Waals surface area contributed by atoms with Crippen LogP contribution in [0, 0.1) is 11.8 Å². The average Bonchev–Trinajstić information content (AvgIpc) is 3.08. The molecule has 2 bridgehead atoms. The number of fused-ring (bicyclic) bond motifs is 3. The molecule has 2 saturated carbocycles. The highest BCUT2D eigenvalue weighted by Gasteiger charge is 2.41. The van der Waals surface area contributed by atoms with Gasteiger partial charge in [-0.2, -0.15) is 0 Å². The Bertz CT molecular complexity index is 480. The molecule has 19 heavy (non-hydrogen) atoms. The first kappa shape index (κ1) is 11.8.